The van der Waals surface area contributed by atoms with Crippen LogP contribution < -0.4 is 15.4 Å². The summed E-state index contributed by atoms with van der Waals surface area (Å²) in [6.07, 6.45) is 0. The Bertz CT molecular complexity index is 929. The van der Waals surface area contributed by atoms with Crippen molar-refractivity contribution in [1.82, 2.24) is 10.2 Å². The van der Waals surface area contributed by atoms with Gasteiger partial charge in [-0.15, -0.1) is 10.2 Å². The molecule has 0 aliphatic heterocycles. The minimum atomic E-state index is -0.287. The third-order valence-electron chi connectivity index (χ3n) is 3.77. The summed E-state index contributed by atoms with van der Waals surface area (Å²) in [6.45, 7) is 1.92. The number of hydrogen-bond acceptors (Lipinski definition) is 5. The number of hydrogen-bond donors (Lipinski definition) is 2. The number of benzene rings is 2. The van der Waals surface area contributed by atoms with E-state index < -0.39 is 0 Å². The number of ether oxygens (including phenoxy) is 1. The fourth-order valence-electron chi connectivity index (χ4n) is 2.30. The predicted octanol–water partition coefficient (Wildman–Crippen LogP) is 4.44. The van der Waals surface area contributed by atoms with Crippen LogP contribution in [0.4, 0.5) is 17.3 Å². The predicted molar refractivity (Wildman–Crippen MR) is 102 cm³/mol. The van der Waals surface area contributed by atoms with E-state index in [0.717, 1.165) is 11.3 Å². The Morgan fingerprint density at radius 1 is 1.04 bits per heavy atom. The zero-order chi connectivity index (χ0) is 18.5. The normalized spacial score (nSPS) is 10.3. The molecule has 0 atom stereocenters. The molecule has 6 nitrogen and oxygen atoms in total. The Balaban J connectivity index is 1.69. The quantitative estimate of drug-likeness (QED) is 0.696. The van der Waals surface area contributed by atoms with Gasteiger partial charge in [0.2, 0.25) is 0 Å². The summed E-state index contributed by atoms with van der Waals surface area (Å²) in [6, 6.07) is 15.9. The number of nitrogens with one attached hydrogen (secondary N) is 2. The Hall–Kier alpha value is -3.12. The lowest BCUT2D eigenvalue weighted by atomic mass is 10.2. The van der Waals surface area contributed by atoms with E-state index in [0.29, 0.717) is 28.0 Å². The number of rotatable bonds is 5. The van der Waals surface area contributed by atoms with Crippen molar-refractivity contribution in [2.45, 2.75) is 6.92 Å². The molecule has 1 aromatic heterocycles. The number of methoxy groups -OCH3 is 1. The van der Waals surface area contributed by atoms with Crippen LogP contribution in [0.25, 0.3) is 0 Å². The summed E-state index contributed by atoms with van der Waals surface area (Å²) in [7, 11) is 1.55. The molecule has 0 aliphatic rings. The highest BCUT2D eigenvalue weighted by Gasteiger charge is 2.09. The molecular formula is C19H17ClN4O2. The molecule has 0 saturated heterocycles. The number of carbonyl (C=O) groups excluding carboxylic acids is 1. The van der Waals surface area contributed by atoms with E-state index >= 15 is 0 Å². The first-order chi connectivity index (χ1) is 12.6. The fourth-order valence-corrected chi connectivity index (χ4v) is 2.47. The average molecular weight is 369 g/mol. The van der Waals surface area contributed by atoms with Crippen LogP contribution in [0.15, 0.2) is 54.6 Å². The zero-order valence-electron chi connectivity index (χ0n) is 14.3. The second-order valence-electron chi connectivity index (χ2n) is 5.53. The number of anilines is 3. The molecule has 3 rings (SSSR count). The van der Waals surface area contributed by atoms with Gasteiger partial charge in [-0.3, -0.25) is 4.79 Å². The van der Waals surface area contributed by atoms with Gasteiger partial charge >= 0.3 is 0 Å². The van der Waals surface area contributed by atoms with Crippen LogP contribution in [0.5, 0.6) is 5.75 Å². The Morgan fingerprint density at radius 3 is 2.50 bits per heavy atom. The highest BCUT2D eigenvalue weighted by Crippen LogP contribution is 2.25. The maximum atomic E-state index is 12.3. The molecule has 0 unspecified atom stereocenters. The summed E-state index contributed by atoms with van der Waals surface area (Å²) in [5, 5.41) is 14.6. The lowest BCUT2D eigenvalue weighted by Crippen LogP contribution is -2.13. The molecule has 0 bridgehead atoms. The van der Waals surface area contributed by atoms with Gasteiger partial charge in [0.1, 0.15) is 5.75 Å². The lowest BCUT2D eigenvalue weighted by molar-refractivity contribution is 0.102. The first-order valence-corrected chi connectivity index (χ1v) is 8.26. The number of amides is 1. The molecule has 26 heavy (non-hydrogen) atoms. The van der Waals surface area contributed by atoms with E-state index in [1.54, 1.807) is 43.5 Å². The molecule has 0 aliphatic carbocycles. The highest BCUT2D eigenvalue weighted by molar-refractivity contribution is 6.31. The Kier molecular flexibility index (Phi) is 5.34. The summed E-state index contributed by atoms with van der Waals surface area (Å²) >= 11 is 6.11. The molecule has 0 spiro atoms. The number of carbonyl (C=O) groups is 1. The van der Waals surface area contributed by atoms with Crippen molar-refractivity contribution in [2.24, 2.45) is 0 Å². The summed E-state index contributed by atoms with van der Waals surface area (Å²) in [5.41, 5.74) is 2.24. The van der Waals surface area contributed by atoms with E-state index in [2.05, 4.69) is 20.8 Å². The standard InChI is InChI=1S/C19H17ClN4O2/c1-12-15(20)7-4-8-16(12)21-17-9-10-18(24-23-17)22-19(25)13-5-3-6-14(11-13)26-2/h3-11H,1-2H3,(H,21,23)(H,22,24,25). The lowest BCUT2D eigenvalue weighted by Gasteiger charge is -2.10. The van der Waals surface area contributed by atoms with E-state index in [-0.39, 0.29) is 5.91 Å². The molecular weight excluding hydrogens is 352 g/mol. The molecule has 0 radical (unpaired) electrons. The highest BCUT2D eigenvalue weighted by atomic mass is 35.5. The van der Waals surface area contributed by atoms with Crippen LogP contribution in [0.3, 0.4) is 0 Å². The smallest absolute Gasteiger partial charge is 0.256 e. The van der Waals surface area contributed by atoms with Gasteiger partial charge in [0.15, 0.2) is 11.6 Å². The first kappa shape index (κ1) is 17.7. The second-order valence-corrected chi connectivity index (χ2v) is 5.93. The molecule has 2 aromatic carbocycles. The largest absolute Gasteiger partial charge is 0.497 e. The minimum Gasteiger partial charge on any atom is -0.497 e. The van der Waals surface area contributed by atoms with Crippen LogP contribution in [0.2, 0.25) is 5.02 Å². The molecule has 132 valence electrons. The molecule has 1 amide bonds. The maximum Gasteiger partial charge on any atom is 0.256 e. The summed E-state index contributed by atoms with van der Waals surface area (Å²) in [4.78, 5) is 12.3. The van der Waals surface area contributed by atoms with E-state index in [1.165, 1.54) is 0 Å². The van der Waals surface area contributed by atoms with Crippen LogP contribution in [0, 0.1) is 6.92 Å². The van der Waals surface area contributed by atoms with Crippen LogP contribution in [-0.2, 0) is 0 Å². The van der Waals surface area contributed by atoms with Gasteiger partial charge in [0.25, 0.3) is 5.91 Å². The van der Waals surface area contributed by atoms with E-state index in [4.69, 9.17) is 16.3 Å². The number of nitrogens with zero attached hydrogens (tertiary/aromatic N) is 2. The Morgan fingerprint density at radius 2 is 1.77 bits per heavy atom. The van der Waals surface area contributed by atoms with Gasteiger partial charge in [0, 0.05) is 16.3 Å². The first-order valence-electron chi connectivity index (χ1n) is 7.88. The molecule has 3 aromatic rings. The molecule has 7 heteroatoms. The van der Waals surface area contributed by atoms with Gasteiger partial charge in [-0.25, -0.2) is 0 Å². The van der Waals surface area contributed by atoms with Gasteiger partial charge in [-0.2, -0.15) is 0 Å². The zero-order valence-corrected chi connectivity index (χ0v) is 15.0. The summed E-state index contributed by atoms with van der Waals surface area (Å²) in [5.74, 6) is 1.23. The van der Waals surface area contributed by atoms with Gasteiger partial charge in [-0.05, 0) is 55.0 Å². The van der Waals surface area contributed by atoms with Crippen LogP contribution in [0.1, 0.15) is 15.9 Å². The monoisotopic (exact) mass is 368 g/mol. The molecule has 1 heterocycles. The molecule has 2 N–H and O–H groups in total. The maximum absolute atomic E-state index is 12.3. The molecule has 0 fully saturated rings. The number of halogens is 1. The second kappa shape index (κ2) is 7.84. The van der Waals surface area contributed by atoms with Crippen molar-refractivity contribution in [1.29, 1.82) is 0 Å². The van der Waals surface area contributed by atoms with Gasteiger partial charge in [0.05, 0.1) is 7.11 Å². The van der Waals surface area contributed by atoms with Crippen molar-refractivity contribution in [3.63, 3.8) is 0 Å². The van der Waals surface area contributed by atoms with Gasteiger partial charge in [-0.1, -0.05) is 23.7 Å². The van der Waals surface area contributed by atoms with Crippen molar-refractivity contribution >= 4 is 34.8 Å². The van der Waals surface area contributed by atoms with Gasteiger partial charge < -0.3 is 15.4 Å². The number of aromatic nitrogens is 2. The van der Waals surface area contributed by atoms with E-state index in [1.807, 2.05) is 25.1 Å². The van der Waals surface area contributed by atoms with E-state index in [9.17, 15) is 4.79 Å². The average Bonchev–Trinajstić information content (AvgIpc) is 2.67. The third-order valence-corrected chi connectivity index (χ3v) is 4.18. The van der Waals surface area contributed by atoms with Crippen molar-refractivity contribution < 1.29 is 9.53 Å². The fraction of sp³-hybridized carbons (Fsp3) is 0.105. The SMILES string of the molecule is COc1cccc(C(=O)Nc2ccc(Nc3cccc(Cl)c3C)nn2)c1. The summed E-state index contributed by atoms with van der Waals surface area (Å²) < 4.78 is 5.12. The van der Waals surface area contributed by atoms with Crippen LogP contribution >= 0.6 is 11.6 Å². The van der Waals surface area contributed by atoms with Crippen molar-refractivity contribution in [3.8, 4) is 5.75 Å². The topological polar surface area (TPSA) is 76.1 Å². The minimum absolute atomic E-state index is 0.287. The van der Waals surface area contributed by atoms with Crippen molar-refractivity contribution in [2.75, 3.05) is 17.7 Å². The Labute approximate surface area is 156 Å². The van der Waals surface area contributed by atoms with Crippen LogP contribution in [-0.4, -0.2) is 23.2 Å². The third kappa shape index (κ3) is 4.10. The molecule has 0 saturated carbocycles. The van der Waals surface area contributed by atoms with Crippen molar-refractivity contribution in [3.05, 3.63) is 70.7 Å².